The van der Waals surface area contributed by atoms with Crippen molar-refractivity contribution in [3.8, 4) is 6.07 Å². The quantitative estimate of drug-likeness (QED) is 0.765. The number of anilines is 1. The van der Waals surface area contributed by atoms with Crippen LogP contribution in [-0.2, 0) is 19.1 Å². The third-order valence-electron chi connectivity index (χ3n) is 2.44. The molecule has 0 aromatic heterocycles. The predicted octanol–water partition coefficient (Wildman–Crippen LogP) is 1.22. The zero-order valence-corrected chi connectivity index (χ0v) is 12.6. The van der Waals surface area contributed by atoms with Crippen LogP contribution in [0.15, 0.2) is 18.2 Å². The minimum Gasteiger partial charge on any atom is -0.456 e. The maximum atomic E-state index is 11.7. The Kier molecular flexibility index (Phi) is 6.86. The fraction of sp³-hybridized carbons (Fsp3) is 0.286. The van der Waals surface area contributed by atoms with E-state index in [1.807, 2.05) is 6.07 Å². The summed E-state index contributed by atoms with van der Waals surface area (Å²) >= 11 is 5.79. The lowest BCUT2D eigenvalue weighted by Gasteiger charge is -2.08. The molecule has 0 aliphatic rings. The van der Waals surface area contributed by atoms with Gasteiger partial charge in [-0.1, -0.05) is 11.6 Å². The van der Waals surface area contributed by atoms with Gasteiger partial charge in [0.2, 0.25) is 5.91 Å². The highest BCUT2D eigenvalue weighted by Crippen LogP contribution is 2.20. The predicted molar refractivity (Wildman–Crippen MR) is 79.1 cm³/mol. The van der Waals surface area contributed by atoms with Crippen LogP contribution in [0.1, 0.15) is 18.9 Å². The summed E-state index contributed by atoms with van der Waals surface area (Å²) in [5, 5.41) is 14.2. The van der Waals surface area contributed by atoms with Gasteiger partial charge in [0.15, 0.2) is 6.61 Å². The molecular weight excluding hydrogens is 310 g/mol. The first-order valence-electron chi connectivity index (χ1n) is 6.32. The van der Waals surface area contributed by atoms with E-state index < -0.39 is 18.5 Å². The number of nitrogens with zero attached hydrogens (tertiary/aromatic N) is 1. The van der Waals surface area contributed by atoms with Gasteiger partial charge >= 0.3 is 5.97 Å². The number of hydrogen-bond acceptors (Lipinski definition) is 5. The summed E-state index contributed by atoms with van der Waals surface area (Å²) in [6.45, 7) is 0.982. The first-order chi connectivity index (χ1) is 10.4. The first kappa shape index (κ1) is 17.5. The molecule has 0 aliphatic heterocycles. The molecular formula is C14H14ClN3O4. The van der Waals surface area contributed by atoms with Crippen LogP contribution in [0.25, 0.3) is 0 Å². The molecule has 1 rings (SSSR count). The molecule has 0 saturated heterocycles. The molecule has 7 nitrogen and oxygen atoms in total. The second kappa shape index (κ2) is 8.64. The van der Waals surface area contributed by atoms with Gasteiger partial charge in [-0.15, -0.1) is 0 Å². The van der Waals surface area contributed by atoms with E-state index in [1.54, 1.807) is 0 Å². The number of nitrogens with one attached hydrogen (secondary N) is 2. The Balaban J connectivity index is 2.44. The molecule has 0 aliphatic carbocycles. The van der Waals surface area contributed by atoms with E-state index in [-0.39, 0.29) is 30.1 Å². The Labute approximate surface area is 132 Å². The van der Waals surface area contributed by atoms with Gasteiger partial charge in [-0.2, -0.15) is 5.26 Å². The van der Waals surface area contributed by atoms with Crippen molar-refractivity contribution >= 4 is 35.1 Å². The molecule has 116 valence electrons. The van der Waals surface area contributed by atoms with Crippen LogP contribution in [-0.4, -0.2) is 30.9 Å². The van der Waals surface area contributed by atoms with Crippen LogP contribution in [0.3, 0.4) is 0 Å². The van der Waals surface area contributed by atoms with Gasteiger partial charge < -0.3 is 15.4 Å². The van der Waals surface area contributed by atoms with Crippen molar-refractivity contribution in [2.45, 2.75) is 13.3 Å². The van der Waals surface area contributed by atoms with Crippen molar-refractivity contribution in [2.75, 3.05) is 18.5 Å². The standard InChI is InChI=1S/C14H14ClN3O4/c1-9(19)17-5-4-14(21)22-8-13(20)18-12-6-11(15)3-2-10(12)7-16/h2-3,6H,4-5,8H2,1H3,(H,17,19)(H,18,20). The Hall–Kier alpha value is -2.59. The highest BCUT2D eigenvalue weighted by Gasteiger charge is 2.10. The summed E-state index contributed by atoms with van der Waals surface area (Å²) in [5.74, 6) is -1.46. The van der Waals surface area contributed by atoms with E-state index >= 15 is 0 Å². The number of halogens is 1. The van der Waals surface area contributed by atoms with Crippen LogP contribution in [0.5, 0.6) is 0 Å². The number of ether oxygens (including phenoxy) is 1. The molecule has 22 heavy (non-hydrogen) atoms. The number of esters is 1. The second-order valence-electron chi connectivity index (χ2n) is 4.24. The lowest BCUT2D eigenvalue weighted by atomic mass is 10.2. The van der Waals surface area contributed by atoms with Crippen LogP contribution in [0, 0.1) is 11.3 Å². The van der Waals surface area contributed by atoms with Gasteiger partial charge in [-0.3, -0.25) is 14.4 Å². The van der Waals surface area contributed by atoms with Crippen LogP contribution in [0.4, 0.5) is 5.69 Å². The van der Waals surface area contributed by atoms with E-state index in [1.165, 1.54) is 25.1 Å². The fourth-order valence-corrected chi connectivity index (χ4v) is 1.63. The lowest BCUT2D eigenvalue weighted by molar-refractivity contribution is -0.147. The monoisotopic (exact) mass is 323 g/mol. The second-order valence-corrected chi connectivity index (χ2v) is 4.68. The normalized spacial score (nSPS) is 9.50. The summed E-state index contributed by atoms with van der Waals surface area (Å²) in [6.07, 6.45) is -0.0343. The number of nitriles is 1. The molecule has 8 heteroatoms. The largest absolute Gasteiger partial charge is 0.456 e. The number of carbonyl (C=O) groups is 3. The maximum absolute atomic E-state index is 11.7. The SMILES string of the molecule is CC(=O)NCCC(=O)OCC(=O)Nc1cc(Cl)ccc1C#N. The minimum atomic E-state index is -0.615. The number of hydrogen-bond donors (Lipinski definition) is 2. The van der Waals surface area contributed by atoms with Gasteiger partial charge in [0.25, 0.3) is 5.91 Å². The molecule has 1 aromatic rings. The van der Waals surface area contributed by atoms with Crippen molar-refractivity contribution in [3.05, 3.63) is 28.8 Å². The summed E-state index contributed by atoms with van der Waals surface area (Å²) in [6, 6.07) is 6.33. The van der Waals surface area contributed by atoms with Crippen molar-refractivity contribution in [3.63, 3.8) is 0 Å². The average Bonchev–Trinajstić information content (AvgIpc) is 2.45. The molecule has 0 bridgehead atoms. The molecule has 0 fully saturated rings. The molecule has 1 aromatic carbocycles. The average molecular weight is 324 g/mol. The summed E-state index contributed by atoms with van der Waals surface area (Å²) in [5.41, 5.74) is 0.490. The van der Waals surface area contributed by atoms with Gasteiger partial charge in [0.1, 0.15) is 6.07 Å². The summed E-state index contributed by atoms with van der Waals surface area (Å²) < 4.78 is 4.74. The highest BCUT2D eigenvalue weighted by molar-refractivity contribution is 6.31. The van der Waals surface area contributed by atoms with Gasteiger partial charge in [0.05, 0.1) is 17.7 Å². The zero-order chi connectivity index (χ0) is 16.5. The van der Waals surface area contributed by atoms with Gasteiger partial charge in [-0.25, -0.2) is 0 Å². The molecule has 2 amide bonds. The number of carbonyl (C=O) groups excluding carboxylic acids is 3. The Morgan fingerprint density at radius 2 is 2.09 bits per heavy atom. The zero-order valence-electron chi connectivity index (χ0n) is 11.8. The first-order valence-corrected chi connectivity index (χ1v) is 6.69. The summed E-state index contributed by atoms with van der Waals surface area (Å²) in [4.78, 5) is 33.6. The van der Waals surface area contributed by atoms with Crippen molar-refractivity contribution in [1.29, 1.82) is 5.26 Å². The van der Waals surface area contributed by atoms with E-state index in [0.29, 0.717) is 5.02 Å². The third kappa shape index (κ3) is 6.24. The molecule has 0 radical (unpaired) electrons. The number of benzene rings is 1. The number of amides is 2. The van der Waals surface area contributed by atoms with E-state index in [0.717, 1.165) is 0 Å². The number of rotatable bonds is 6. The fourth-order valence-electron chi connectivity index (χ4n) is 1.46. The molecule has 0 heterocycles. The van der Waals surface area contributed by atoms with Crippen LogP contribution < -0.4 is 10.6 Å². The molecule has 2 N–H and O–H groups in total. The maximum Gasteiger partial charge on any atom is 0.308 e. The van der Waals surface area contributed by atoms with Crippen molar-refractivity contribution < 1.29 is 19.1 Å². The Morgan fingerprint density at radius 3 is 2.73 bits per heavy atom. The Bertz CT molecular complexity index is 625. The third-order valence-corrected chi connectivity index (χ3v) is 2.68. The van der Waals surface area contributed by atoms with Crippen molar-refractivity contribution in [1.82, 2.24) is 5.32 Å². The topological polar surface area (TPSA) is 108 Å². The van der Waals surface area contributed by atoms with E-state index in [2.05, 4.69) is 10.6 Å². The van der Waals surface area contributed by atoms with Crippen LogP contribution in [0.2, 0.25) is 5.02 Å². The van der Waals surface area contributed by atoms with E-state index in [9.17, 15) is 14.4 Å². The van der Waals surface area contributed by atoms with E-state index in [4.69, 9.17) is 21.6 Å². The minimum absolute atomic E-state index is 0.0343. The molecule has 0 unspecified atom stereocenters. The lowest BCUT2D eigenvalue weighted by Crippen LogP contribution is -2.26. The van der Waals surface area contributed by atoms with Crippen LogP contribution >= 0.6 is 11.6 Å². The van der Waals surface area contributed by atoms with Gasteiger partial charge in [-0.05, 0) is 18.2 Å². The smallest absolute Gasteiger partial charge is 0.308 e. The highest BCUT2D eigenvalue weighted by atomic mass is 35.5. The molecule has 0 saturated carbocycles. The van der Waals surface area contributed by atoms with Crippen molar-refractivity contribution in [2.24, 2.45) is 0 Å². The molecule has 0 spiro atoms. The summed E-state index contributed by atoms with van der Waals surface area (Å²) in [7, 11) is 0. The Morgan fingerprint density at radius 1 is 1.36 bits per heavy atom. The molecule has 0 atom stereocenters. The van der Waals surface area contributed by atoms with Gasteiger partial charge in [0, 0.05) is 18.5 Å².